The first-order valence-corrected chi connectivity index (χ1v) is 7.54. The molecule has 1 N–H and O–H groups in total. The minimum absolute atomic E-state index is 0.342. The van der Waals surface area contributed by atoms with Crippen molar-refractivity contribution >= 4 is 5.97 Å². The zero-order chi connectivity index (χ0) is 15.7. The van der Waals surface area contributed by atoms with Gasteiger partial charge in [-0.25, -0.2) is 0 Å². The molecule has 0 spiro atoms. The number of allylic oxidation sites excluding steroid dienone is 4. The van der Waals surface area contributed by atoms with E-state index in [0.717, 1.165) is 18.4 Å². The Morgan fingerprint density at radius 2 is 1.81 bits per heavy atom. The lowest BCUT2D eigenvalue weighted by molar-refractivity contribution is -0.141. The van der Waals surface area contributed by atoms with E-state index in [1.807, 2.05) is 30.3 Å². The molecule has 0 saturated heterocycles. The second-order valence-electron chi connectivity index (χ2n) is 5.83. The maximum absolute atomic E-state index is 11.4. The Bertz CT molecular complexity index is 494. The van der Waals surface area contributed by atoms with Crippen molar-refractivity contribution in [3.05, 3.63) is 59.2 Å². The normalized spacial score (nSPS) is 12.8. The molecular formula is C19H26O2. The number of carboxylic acid groups (broad SMARTS) is 1. The molecule has 0 aliphatic rings. The second-order valence-corrected chi connectivity index (χ2v) is 5.83. The molecule has 0 saturated carbocycles. The molecule has 0 amide bonds. The summed E-state index contributed by atoms with van der Waals surface area (Å²) in [4.78, 5) is 11.4. The molecule has 2 nitrogen and oxygen atoms in total. The van der Waals surface area contributed by atoms with Crippen molar-refractivity contribution < 1.29 is 9.90 Å². The topological polar surface area (TPSA) is 37.3 Å². The average molecular weight is 286 g/mol. The van der Waals surface area contributed by atoms with Crippen LogP contribution in [0.15, 0.2) is 53.6 Å². The van der Waals surface area contributed by atoms with Crippen molar-refractivity contribution in [3.63, 3.8) is 0 Å². The number of rotatable bonds is 8. The van der Waals surface area contributed by atoms with Gasteiger partial charge in [0.25, 0.3) is 0 Å². The van der Waals surface area contributed by atoms with E-state index >= 15 is 0 Å². The van der Waals surface area contributed by atoms with E-state index in [9.17, 15) is 9.90 Å². The molecular weight excluding hydrogens is 260 g/mol. The van der Waals surface area contributed by atoms with E-state index in [0.29, 0.717) is 12.8 Å². The highest BCUT2D eigenvalue weighted by molar-refractivity contribution is 5.70. The van der Waals surface area contributed by atoms with Gasteiger partial charge in [0.05, 0.1) is 5.92 Å². The Kier molecular flexibility index (Phi) is 7.52. The van der Waals surface area contributed by atoms with E-state index in [2.05, 4.69) is 32.9 Å². The minimum atomic E-state index is -0.716. The first kappa shape index (κ1) is 17.2. The van der Waals surface area contributed by atoms with Crippen LogP contribution in [0.25, 0.3) is 0 Å². The molecule has 0 heterocycles. The van der Waals surface area contributed by atoms with Gasteiger partial charge in [-0.05, 0) is 52.0 Å². The zero-order valence-corrected chi connectivity index (χ0v) is 13.3. The van der Waals surface area contributed by atoms with Gasteiger partial charge in [0.15, 0.2) is 0 Å². The van der Waals surface area contributed by atoms with Crippen molar-refractivity contribution in [3.8, 4) is 0 Å². The molecule has 2 heteroatoms. The highest BCUT2D eigenvalue weighted by atomic mass is 16.4. The van der Waals surface area contributed by atoms with E-state index in [4.69, 9.17) is 0 Å². The molecule has 0 unspecified atom stereocenters. The van der Waals surface area contributed by atoms with Crippen molar-refractivity contribution in [2.75, 3.05) is 0 Å². The van der Waals surface area contributed by atoms with Crippen LogP contribution in [0.5, 0.6) is 0 Å². The molecule has 1 aromatic carbocycles. The van der Waals surface area contributed by atoms with Crippen LogP contribution >= 0.6 is 0 Å². The summed E-state index contributed by atoms with van der Waals surface area (Å²) in [5.41, 5.74) is 3.68. The van der Waals surface area contributed by atoms with Gasteiger partial charge >= 0.3 is 5.97 Å². The first-order chi connectivity index (χ1) is 9.99. The lowest BCUT2D eigenvalue weighted by atomic mass is 9.95. The Morgan fingerprint density at radius 3 is 2.38 bits per heavy atom. The van der Waals surface area contributed by atoms with Gasteiger partial charge in [0, 0.05) is 0 Å². The number of hydrogen-bond donors (Lipinski definition) is 1. The molecule has 1 aromatic rings. The molecule has 21 heavy (non-hydrogen) atoms. The summed E-state index contributed by atoms with van der Waals surface area (Å²) < 4.78 is 0. The zero-order valence-electron chi connectivity index (χ0n) is 13.3. The first-order valence-electron chi connectivity index (χ1n) is 7.54. The van der Waals surface area contributed by atoms with E-state index < -0.39 is 5.97 Å². The van der Waals surface area contributed by atoms with Crippen LogP contribution in [0.3, 0.4) is 0 Å². The Balaban J connectivity index is 2.54. The summed E-state index contributed by atoms with van der Waals surface area (Å²) in [6, 6.07) is 9.83. The maximum Gasteiger partial charge on any atom is 0.307 e. The molecule has 114 valence electrons. The Labute approximate surface area is 128 Å². The standard InChI is InChI=1S/C19H26O2/c1-15(2)8-7-9-16(3)12-13-18(19(20)21)14-17-10-5-4-6-11-17/h4-6,8,10-12,18H,7,9,13-14H2,1-3H3,(H,20,21)/b16-12+/t18-/m0/s1. The smallest absolute Gasteiger partial charge is 0.307 e. The van der Waals surface area contributed by atoms with Gasteiger partial charge < -0.3 is 5.11 Å². The van der Waals surface area contributed by atoms with Crippen LogP contribution < -0.4 is 0 Å². The summed E-state index contributed by atoms with van der Waals surface area (Å²) >= 11 is 0. The van der Waals surface area contributed by atoms with Crippen LogP contribution in [-0.4, -0.2) is 11.1 Å². The Morgan fingerprint density at radius 1 is 1.14 bits per heavy atom. The van der Waals surface area contributed by atoms with Crippen LogP contribution in [0.2, 0.25) is 0 Å². The third-order valence-electron chi connectivity index (χ3n) is 3.52. The summed E-state index contributed by atoms with van der Waals surface area (Å²) in [5, 5.41) is 9.36. The number of carbonyl (C=O) groups is 1. The lowest BCUT2D eigenvalue weighted by Gasteiger charge is -2.11. The Hall–Kier alpha value is -1.83. The fraction of sp³-hybridized carbons (Fsp3) is 0.421. The number of hydrogen-bond acceptors (Lipinski definition) is 1. The van der Waals surface area contributed by atoms with Gasteiger partial charge in [0.1, 0.15) is 0 Å². The van der Waals surface area contributed by atoms with Crippen LogP contribution in [0, 0.1) is 5.92 Å². The number of aliphatic carboxylic acids is 1. The molecule has 1 atom stereocenters. The predicted molar refractivity (Wildman–Crippen MR) is 88.3 cm³/mol. The summed E-state index contributed by atoms with van der Waals surface area (Å²) in [6.45, 7) is 6.28. The van der Waals surface area contributed by atoms with Gasteiger partial charge in [-0.1, -0.05) is 53.6 Å². The quantitative estimate of drug-likeness (QED) is 0.682. The van der Waals surface area contributed by atoms with Gasteiger partial charge in [-0.15, -0.1) is 0 Å². The fourth-order valence-electron chi connectivity index (χ4n) is 2.20. The second kappa shape index (κ2) is 9.17. The minimum Gasteiger partial charge on any atom is -0.481 e. The number of benzene rings is 1. The van der Waals surface area contributed by atoms with E-state index in [-0.39, 0.29) is 5.92 Å². The summed E-state index contributed by atoms with van der Waals surface area (Å²) in [7, 11) is 0. The largest absolute Gasteiger partial charge is 0.481 e. The monoisotopic (exact) mass is 286 g/mol. The van der Waals surface area contributed by atoms with E-state index in [1.165, 1.54) is 11.1 Å². The highest BCUT2D eigenvalue weighted by Crippen LogP contribution is 2.16. The lowest BCUT2D eigenvalue weighted by Crippen LogP contribution is -2.15. The van der Waals surface area contributed by atoms with Crippen molar-refractivity contribution in [2.45, 2.75) is 46.5 Å². The molecule has 0 aliphatic carbocycles. The van der Waals surface area contributed by atoms with Crippen LogP contribution in [0.1, 0.15) is 45.6 Å². The van der Waals surface area contributed by atoms with Crippen LogP contribution in [-0.2, 0) is 11.2 Å². The van der Waals surface area contributed by atoms with Crippen molar-refractivity contribution in [1.29, 1.82) is 0 Å². The maximum atomic E-state index is 11.4. The molecule has 0 bridgehead atoms. The fourth-order valence-corrected chi connectivity index (χ4v) is 2.20. The predicted octanol–water partition coefficient (Wildman–Crippen LogP) is 5.01. The molecule has 0 aromatic heterocycles. The molecule has 0 radical (unpaired) electrons. The van der Waals surface area contributed by atoms with Gasteiger partial charge in [-0.3, -0.25) is 4.79 Å². The van der Waals surface area contributed by atoms with Crippen LogP contribution in [0.4, 0.5) is 0 Å². The molecule has 1 rings (SSSR count). The van der Waals surface area contributed by atoms with Gasteiger partial charge in [-0.2, -0.15) is 0 Å². The highest BCUT2D eigenvalue weighted by Gasteiger charge is 2.16. The SMILES string of the molecule is CC(C)=CCC/C(C)=C/C[C@@H](Cc1ccccc1)C(=O)O. The number of carboxylic acids is 1. The molecule has 0 fully saturated rings. The summed E-state index contributed by atoms with van der Waals surface area (Å²) in [5.74, 6) is -1.06. The third-order valence-corrected chi connectivity index (χ3v) is 3.52. The summed E-state index contributed by atoms with van der Waals surface area (Å²) in [6.07, 6.45) is 7.53. The van der Waals surface area contributed by atoms with Gasteiger partial charge in [0.2, 0.25) is 0 Å². The van der Waals surface area contributed by atoms with E-state index in [1.54, 1.807) is 0 Å². The molecule has 0 aliphatic heterocycles. The third kappa shape index (κ3) is 7.50. The van der Waals surface area contributed by atoms with Crippen molar-refractivity contribution in [2.24, 2.45) is 5.92 Å². The van der Waals surface area contributed by atoms with Crippen molar-refractivity contribution in [1.82, 2.24) is 0 Å². The average Bonchev–Trinajstić information content (AvgIpc) is 2.43.